The predicted molar refractivity (Wildman–Crippen MR) is 75.1 cm³/mol. The Bertz CT molecular complexity index is 361. The van der Waals surface area contributed by atoms with Gasteiger partial charge in [-0.2, -0.15) is 0 Å². The molecule has 0 aliphatic carbocycles. The number of hydrogen-bond donors (Lipinski definition) is 3. The van der Waals surface area contributed by atoms with Gasteiger partial charge in [0.25, 0.3) is 0 Å². The lowest BCUT2D eigenvalue weighted by molar-refractivity contribution is -0.127. The number of amides is 3. The fourth-order valence-corrected chi connectivity index (χ4v) is 1.24. The van der Waals surface area contributed by atoms with Crippen molar-refractivity contribution in [2.24, 2.45) is 0 Å². The molecule has 0 unspecified atom stereocenters. The molecule has 1 atom stereocenters. The molecule has 0 aromatic heterocycles. The summed E-state index contributed by atoms with van der Waals surface area (Å²) in [5, 5.41) is 7.47. The summed E-state index contributed by atoms with van der Waals surface area (Å²) in [7, 11) is 0. The summed E-state index contributed by atoms with van der Waals surface area (Å²) in [5.74, 6) is -0.729. The van der Waals surface area contributed by atoms with E-state index in [1.54, 1.807) is 20.8 Å². The van der Waals surface area contributed by atoms with E-state index in [2.05, 4.69) is 16.0 Å². The van der Waals surface area contributed by atoms with Crippen LogP contribution in [0, 0.1) is 0 Å². The van der Waals surface area contributed by atoms with E-state index in [4.69, 9.17) is 4.74 Å². The van der Waals surface area contributed by atoms with Crippen molar-refractivity contribution in [1.82, 2.24) is 16.0 Å². The van der Waals surface area contributed by atoms with Crippen LogP contribution < -0.4 is 16.0 Å². The third-order valence-corrected chi connectivity index (χ3v) is 2.00. The summed E-state index contributed by atoms with van der Waals surface area (Å²) in [6.45, 7) is 10.2. The maximum Gasteiger partial charge on any atom is 0.408 e. The van der Waals surface area contributed by atoms with Crippen LogP contribution in [0.3, 0.4) is 0 Å². The minimum atomic E-state index is -0.781. The zero-order valence-electron chi connectivity index (χ0n) is 13.0. The smallest absolute Gasteiger partial charge is 0.408 e. The first-order valence-corrected chi connectivity index (χ1v) is 6.58. The number of rotatable bonds is 5. The van der Waals surface area contributed by atoms with Gasteiger partial charge in [0.2, 0.25) is 11.8 Å². The average molecular weight is 287 g/mol. The highest BCUT2D eigenvalue weighted by atomic mass is 16.6. The van der Waals surface area contributed by atoms with Gasteiger partial charge in [-0.25, -0.2) is 4.79 Å². The molecule has 3 amide bonds. The molecule has 7 nitrogen and oxygen atoms in total. The molecule has 0 aliphatic rings. The Morgan fingerprint density at radius 2 is 1.60 bits per heavy atom. The van der Waals surface area contributed by atoms with Crippen molar-refractivity contribution in [3.05, 3.63) is 0 Å². The maximum atomic E-state index is 11.7. The van der Waals surface area contributed by atoms with Crippen LogP contribution in [-0.4, -0.2) is 42.1 Å². The lowest BCUT2D eigenvalue weighted by Crippen LogP contribution is -2.49. The zero-order valence-corrected chi connectivity index (χ0v) is 13.0. The van der Waals surface area contributed by atoms with Crippen LogP contribution in [0.5, 0.6) is 0 Å². The molecule has 7 heteroatoms. The second-order valence-corrected chi connectivity index (χ2v) is 5.81. The normalized spacial score (nSPS) is 12.6. The monoisotopic (exact) mass is 287 g/mol. The molecule has 0 aliphatic heterocycles. The molecule has 0 radical (unpaired) electrons. The molecule has 0 fully saturated rings. The van der Waals surface area contributed by atoms with Gasteiger partial charge in [-0.05, 0) is 41.5 Å². The minimum Gasteiger partial charge on any atom is -0.444 e. The standard InChI is InChI=1S/C13H25N3O4/c1-8(2)15-10(17)7-14-11(18)9(3)16-12(19)20-13(4,5)6/h8-9H,7H2,1-6H3,(H,14,18)(H,15,17)(H,16,19)/t9-/m0/s1. The molecule has 0 bridgehead atoms. The number of alkyl carbamates (subject to hydrolysis) is 1. The van der Waals surface area contributed by atoms with E-state index < -0.39 is 23.6 Å². The van der Waals surface area contributed by atoms with Gasteiger partial charge in [-0.1, -0.05) is 0 Å². The van der Waals surface area contributed by atoms with Gasteiger partial charge in [0.05, 0.1) is 6.54 Å². The van der Waals surface area contributed by atoms with Crippen molar-refractivity contribution in [3.8, 4) is 0 Å². The van der Waals surface area contributed by atoms with Crippen LogP contribution in [0.4, 0.5) is 4.79 Å². The van der Waals surface area contributed by atoms with Crippen LogP contribution in [0.1, 0.15) is 41.5 Å². The van der Waals surface area contributed by atoms with Gasteiger partial charge in [0.1, 0.15) is 11.6 Å². The Morgan fingerprint density at radius 3 is 2.05 bits per heavy atom. The number of ether oxygens (including phenoxy) is 1. The fraction of sp³-hybridized carbons (Fsp3) is 0.769. The van der Waals surface area contributed by atoms with Crippen molar-refractivity contribution in [2.45, 2.75) is 59.2 Å². The molecule has 0 heterocycles. The van der Waals surface area contributed by atoms with Crippen molar-refractivity contribution in [3.63, 3.8) is 0 Å². The van der Waals surface area contributed by atoms with Crippen LogP contribution in [-0.2, 0) is 14.3 Å². The van der Waals surface area contributed by atoms with E-state index in [1.807, 2.05) is 13.8 Å². The Balaban J connectivity index is 4.10. The molecule has 0 aromatic carbocycles. The number of nitrogens with one attached hydrogen (secondary N) is 3. The van der Waals surface area contributed by atoms with Gasteiger partial charge < -0.3 is 20.7 Å². The lowest BCUT2D eigenvalue weighted by Gasteiger charge is -2.21. The van der Waals surface area contributed by atoms with Gasteiger partial charge in [-0.15, -0.1) is 0 Å². The number of carbonyl (C=O) groups excluding carboxylic acids is 3. The molecule has 3 N–H and O–H groups in total. The van der Waals surface area contributed by atoms with Gasteiger partial charge in [0, 0.05) is 6.04 Å². The molecule has 20 heavy (non-hydrogen) atoms. The van der Waals surface area contributed by atoms with Crippen molar-refractivity contribution in [2.75, 3.05) is 6.54 Å². The molecular formula is C13H25N3O4. The summed E-state index contributed by atoms with van der Waals surface area (Å²) in [4.78, 5) is 34.5. The zero-order chi connectivity index (χ0) is 15.9. The average Bonchev–Trinajstić information content (AvgIpc) is 2.21. The largest absolute Gasteiger partial charge is 0.444 e. The maximum absolute atomic E-state index is 11.7. The minimum absolute atomic E-state index is 0.0108. The number of carbonyl (C=O) groups is 3. The summed E-state index contributed by atoms with van der Waals surface area (Å²) >= 11 is 0. The van der Waals surface area contributed by atoms with E-state index in [9.17, 15) is 14.4 Å². The van der Waals surface area contributed by atoms with E-state index in [-0.39, 0.29) is 18.5 Å². The van der Waals surface area contributed by atoms with Gasteiger partial charge in [-0.3, -0.25) is 9.59 Å². The third-order valence-electron chi connectivity index (χ3n) is 2.00. The number of hydrogen-bond acceptors (Lipinski definition) is 4. The highest BCUT2D eigenvalue weighted by Crippen LogP contribution is 2.06. The molecule has 0 spiro atoms. The first-order valence-electron chi connectivity index (χ1n) is 6.58. The summed E-state index contributed by atoms with van der Waals surface area (Å²) in [5.41, 5.74) is -0.628. The van der Waals surface area contributed by atoms with E-state index in [0.29, 0.717) is 0 Å². The molecule has 0 saturated carbocycles. The highest BCUT2D eigenvalue weighted by Gasteiger charge is 2.21. The summed E-state index contributed by atoms with van der Waals surface area (Å²) in [6, 6.07) is -0.770. The van der Waals surface area contributed by atoms with Crippen LogP contribution in [0.15, 0.2) is 0 Å². The molecule has 0 aromatic rings. The SMILES string of the molecule is CC(C)NC(=O)CNC(=O)[C@H](C)NC(=O)OC(C)(C)C. The van der Waals surface area contributed by atoms with E-state index >= 15 is 0 Å². The second kappa shape index (κ2) is 7.72. The molecule has 0 saturated heterocycles. The van der Waals surface area contributed by atoms with Crippen molar-refractivity contribution < 1.29 is 19.1 Å². The van der Waals surface area contributed by atoms with Crippen LogP contribution >= 0.6 is 0 Å². The second-order valence-electron chi connectivity index (χ2n) is 5.81. The van der Waals surface area contributed by atoms with Crippen LogP contribution in [0.2, 0.25) is 0 Å². The molecule has 116 valence electrons. The van der Waals surface area contributed by atoms with Crippen molar-refractivity contribution in [1.29, 1.82) is 0 Å². The Kier molecular flexibility index (Phi) is 7.02. The molecule has 0 rings (SSSR count). The van der Waals surface area contributed by atoms with Crippen molar-refractivity contribution >= 4 is 17.9 Å². The van der Waals surface area contributed by atoms with Gasteiger partial charge >= 0.3 is 6.09 Å². The Labute approximate surface area is 119 Å². The predicted octanol–water partition coefficient (Wildman–Crippen LogP) is 0.540. The van der Waals surface area contributed by atoms with Gasteiger partial charge in [0.15, 0.2) is 0 Å². The third kappa shape index (κ3) is 9.18. The Morgan fingerprint density at radius 1 is 1.05 bits per heavy atom. The van der Waals surface area contributed by atoms with E-state index in [1.165, 1.54) is 6.92 Å². The first-order chi connectivity index (χ1) is 9.01. The highest BCUT2D eigenvalue weighted by molar-refractivity contribution is 5.89. The topological polar surface area (TPSA) is 96.5 Å². The van der Waals surface area contributed by atoms with E-state index in [0.717, 1.165) is 0 Å². The first kappa shape index (κ1) is 18.2. The quantitative estimate of drug-likeness (QED) is 0.687. The fourth-order valence-electron chi connectivity index (χ4n) is 1.24. The molecular weight excluding hydrogens is 262 g/mol. The summed E-state index contributed by atoms with van der Waals surface area (Å²) < 4.78 is 5.03. The summed E-state index contributed by atoms with van der Waals surface area (Å²) in [6.07, 6.45) is -0.674. The lowest BCUT2D eigenvalue weighted by atomic mass is 10.2. The van der Waals surface area contributed by atoms with Crippen LogP contribution in [0.25, 0.3) is 0 Å². The Hall–Kier alpha value is -1.79.